The Bertz CT molecular complexity index is 495. The van der Waals surface area contributed by atoms with E-state index in [0.717, 1.165) is 60.7 Å². The average Bonchev–Trinajstić information content (AvgIpc) is 2.80. The molecule has 1 aromatic rings. The van der Waals surface area contributed by atoms with E-state index in [1.807, 2.05) is 11.8 Å². The van der Waals surface area contributed by atoms with Crippen LogP contribution in [0.15, 0.2) is 13.7 Å². The van der Waals surface area contributed by atoms with Gasteiger partial charge in [-0.05, 0) is 67.6 Å². The Morgan fingerprint density at radius 2 is 1.61 bits per heavy atom. The summed E-state index contributed by atoms with van der Waals surface area (Å²) in [5, 5.41) is 4.40. The molecule has 0 bridgehead atoms. The first kappa shape index (κ1) is 21.2. The summed E-state index contributed by atoms with van der Waals surface area (Å²) in [5.41, 5.74) is 0. The van der Waals surface area contributed by atoms with E-state index in [9.17, 15) is 4.79 Å². The molecule has 132 valence electrons. The van der Waals surface area contributed by atoms with Crippen molar-refractivity contribution in [1.82, 2.24) is 14.7 Å². The molecule has 0 aliphatic rings. The third kappa shape index (κ3) is 6.16. The van der Waals surface area contributed by atoms with Crippen molar-refractivity contribution in [2.45, 2.75) is 65.3 Å². The number of halogens is 3. The monoisotopic (exact) mass is 513 g/mol. The van der Waals surface area contributed by atoms with Crippen molar-refractivity contribution in [3.8, 4) is 0 Å². The van der Waals surface area contributed by atoms with Gasteiger partial charge in [0.05, 0.1) is 4.47 Å². The molecule has 23 heavy (non-hydrogen) atoms. The molecule has 1 amide bonds. The summed E-state index contributed by atoms with van der Waals surface area (Å²) in [6.07, 6.45) is 6.78. The van der Waals surface area contributed by atoms with Crippen LogP contribution in [-0.4, -0.2) is 33.7 Å². The van der Waals surface area contributed by atoms with Crippen molar-refractivity contribution in [2.24, 2.45) is 0 Å². The second-order valence-corrected chi connectivity index (χ2v) is 8.05. The van der Waals surface area contributed by atoms with Gasteiger partial charge >= 0.3 is 0 Å². The Morgan fingerprint density at radius 3 is 2.00 bits per heavy atom. The molecule has 0 N–H and O–H groups in total. The summed E-state index contributed by atoms with van der Waals surface area (Å²) in [6.45, 7) is 7.94. The van der Waals surface area contributed by atoms with Gasteiger partial charge in [-0.3, -0.25) is 4.79 Å². The summed E-state index contributed by atoms with van der Waals surface area (Å²) < 4.78 is 4.05. The molecule has 1 heterocycles. The standard InChI is InChI=1S/C16H26Br3N3O/c1-4-6-8-10-21(11-9-7-5-2)16(23)12(3)22-15(19)13(17)14(18)20-22/h12H,4-11H2,1-3H3. The van der Waals surface area contributed by atoms with Gasteiger partial charge in [-0.2, -0.15) is 5.10 Å². The zero-order valence-corrected chi connectivity index (χ0v) is 18.9. The third-order valence-corrected chi connectivity index (χ3v) is 6.99. The molecular formula is C16H26Br3N3O. The zero-order chi connectivity index (χ0) is 17.4. The van der Waals surface area contributed by atoms with E-state index in [1.54, 1.807) is 4.68 Å². The Labute approximate surface area is 164 Å². The van der Waals surface area contributed by atoms with Crippen molar-refractivity contribution in [1.29, 1.82) is 0 Å². The summed E-state index contributed by atoms with van der Waals surface area (Å²) in [6, 6.07) is -0.324. The van der Waals surface area contributed by atoms with Crippen molar-refractivity contribution in [3.63, 3.8) is 0 Å². The van der Waals surface area contributed by atoms with Gasteiger partial charge < -0.3 is 4.90 Å². The maximum absolute atomic E-state index is 12.9. The smallest absolute Gasteiger partial charge is 0.247 e. The predicted octanol–water partition coefficient (Wildman–Crippen LogP) is 5.94. The third-order valence-electron chi connectivity index (χ3n) is 3.86. The summed E-state index contributed by atoms with van der Waals surface area (Å²) >= 11 is 10.3. The number of rotatable bonds is 10. The molecule has 0 spiro atoms. The van der Waals surface area contributed by atoms with Gasteiger partial charge in [0.1, 0.15) is 15.2 Å². The molecule has 0 saturated carbocycles. The van der Waals surface area contributed by atoms with Crippen LogP contribution >= 0.6 is 47.8 Å². The van der Waals surface area contributed by atoms with Gasteiger partial charge in [0, 0.05) is 13.1 Å². The van der Waals surface area contributed by atoms with E-state index < -0.39 is 0 Å². The minimum atomic E-state index is -0.324. The van der Waals surface area contributed by atoms with Crippen LogP contribution in [0, 0.1) is 0 Å². The van der Waals surface area contributed by atoms with E-state index in [0.29, 0.717) is 4.60 Å². The van der Waals surface area contributed by atoms with Crippen molar-refractivity contribution >= 4 is 53.7 Å². The second-order valence-electron chi connectivity index (χ2n) is 5.76. The highest BCUT2D eigenvalue weighted by Crippen LogP contribution is 2.32. The topological polar surface area (TPSA) is 38.1 Å². The molecule has 0 fully saturated rings. The van der Waals surface area contributed by atoms with E-state index in [1.165, 1.54) is 0 Å². The Kier molecular flexibility index (Phi) is 10.0. The van der Waals surface area contributed by atoms with Crippen LogP contribution in [-0.2, 0) is 4.79 Å². The van der Waals surface area contributed by atoms with Crippen molar-refractivity contribution < 1.29 is 4.79 Å². The fourth-order valence-corrected chi connectivity index (χ4v) is 3.89. The number of unbranched alkanes of at least 4 members (excludes halogenated alkanes) is 4. The largest absolute Gasteiger partial charge is 0.341 e. The molecule has 1 rings (SSSR count). The van der Waals surface area contributed by atoms with Crippen LogP contribution < -0.4 is 0 Å². The maximum Gasteiger partial charge on any atom is 0.247 e. The van der Waals surface area contributed by atoms with E-state index in [4.69, 9.17) is 0 Å². The highest BCUT2D eigenvalue weighted by Gasteiger charge is 2.25. The Balaban J connectivity index is 2.81. The van der Waals surface area contributed by atoms with Crippen LogP contribution in [0.3, 0.4) is 0 Å². The molecule has 0 saturated heterocycles. The number of carbonyl (C=O) groups excluding carboxylic acids is 1. The molecule has 4 nitrogen and oxygen atoms in total. The lowest BCUT2D eigenvalue weighted by Gasteiger charge is -2.26. The highest BCUT2D eigenvalue weighted by molar-refractivity contribution is 9.14. The van der Waals surface area contributed by atoms with Crippen LogP contribution in [0.2, 0.25) is 0 Å². The minimum absolute atomic E-state index is 0.139. The molecule has 0 aliphatic heterocycles. The summed E-state index contributed by atoms with van der Waals surface area (Å²) in [5.74, 6) is 0.139. The van der Waals surface area contributed by atoms with E-state index in [2.05, 4.69) is 66.7 Å². The summed E-state index contributed by atoms with van der Waals surface area (Å²) in [4.78, 5) is 14.9. The Morgan fingerprint density at radius 1 is 1.09 bits per heavy atom. The van der Waals surface area contributed by atoms with Gasteiger partial charge in [-0.25, -0.2) is 4.68 Å². The molecule has 1 atom stereocenters. The van der Waals surface area contributed by atoms with Crippen LogP contribution in [0.1, 0.15) is 65.3 Å². The molecule has 7 heteroatoms. The number of nitrogens with zero attached hydrogens (tertiary/aromatic N) is 3. The molecule has 0 radical (unpaired) electrons. The summed E-state index contributed by atoms with van der Waals surface area (Å²) in [7, 11) is 0. The minimum Gasteiger partial charge on any atom is -0.341 e. The fourth-order valence-electron chi connectivity index (χ4n) is 2.43. The second kappa shape index (κ2) is 10.9. The first-order chi connectivity index (χ1) is 10.9. The lowest BCUT2D eigenvalue weighted by molar-refractivity contribution is -0.134. The van der Waals surface area contributed by atoms with Crippen molar-refractivity contribution in [2.75, 3.05) is 13.1 Å². The number of hydrogen-bond donors (Lipinski definition) is 0. The van der Waals surface area contributed by atoms with Gasteiger partial charge in [-0.15, -0.1) is 0 Å². The maximum atomic E-state index is 12.9. The molecule has 1 unspecified atom stereocenters. The van der Waals surface area contributed by atoms with Crippen molar-refractivity contribution in [3.05, 3.63) is 13.7 Å². The van der Waals surface area contributed by atoms with Gasteiger partial charge in [-0.1, -0.05) is 39.5 Å². The lowest BCUT2D eigenvalue weighted by Crippen LogP contribution is -2.38. The van der Waals surface area contributed by atoms with E-state index >= 15 is 0 Å². The van der Waals surface area contributed by atoms with Crippen LogP contribution in [0.25, 0.3) is 0 Å². The molecular weight excluding hydrogens is 490 g/mol. The Hall–Kier alpha value is 0.120. The number of aromatic nitrogens is 2. The highest BCUT2D eigenvalue weighted by atomic mass is 79.9. The van der Waals surface area contributed by atoms with Crippen LogP contribution in [0.5, 0.6) is 0 Å². The number of amides is 1. The quantitative estimate of drug-likeness (QED) is 0.362. The van der Waals surface area contributed by atoms with Crippen LogP contribution in [0.4, 0.5) is 0 Å². The average molecular weight is 516 g/mol. The van der Waals surface area contributed by atoms with Gasteiger partial charge in [0.2, 0.25) is 5.91 Å². The molecule has 0 aromatic carbocycles. The lowest BCUT2D eigenvalue weighted by atomic mass is 10.2. The van der Waals surface area contributed by atoms with Gasteiger partial charge in [0.15, 0.2) is 0 Å². The van der Waals surface area contributed by atoms with E-state index in [-0.39, 0.29) is 11.9 Å². The SMILES string of the molecule is CCCCCN(CCCCC)C(=O)C(C)n1nc(Br)c(Br)c1Br. The number of hydrogen-bond acceptors (Lipinski definition) is 2. The number of carbonyl (C=O) groups is 1. The first-order valence-electron chi connectivity index (χ1n) is 8.31. The normalized spacial score (nSPS) is 12.4. The predicted molar refractivity (Wildman–Crippen MR) is 106 cm³/mol. The zero-order valence-electron chi connectivity index (χ0n) is 14.1. The van der Waals surface area contributed by atoms with Gasteiger partial charge in [0.25, 0.3) is 0 Å². The molecule has 1 aromatic heterocycles. The fraction of sp³-hybridized carbons (Fsp3) is 0.750. The molecule has 0 aliphatic carbocycles. The first-order valence-corrected chi connectivity index (χ1v) is 10.7.